The molecule has 0 spiro atoms. The van der Waals surface area contributed by atoms with Crippen LogP contribution < -0.4 is 0 Å². The molecule has 0 unspecified atom stereocenters. The van der Waals surface area contributed by atoms with Crippen LogP contribution in [0.2, 0.25) is 0 Å². The van der Waals surface area contributed by atoms with Gasteiger partial charge in [-0.05, 0) is 12.8 Å². The van der Waals surface area contributed by atoms with E-state index >= 15 is 0 Å². The van der Waals surface area contributed by atoms with Gasteiger partial charge in [0.15, 0.2) is 0 Å². The average Bonchev–Trinajstić information content (AvgIpc) is 2.17. The number of esters is 1. The highest BCUT2D eigenvalue weighted by atomic mass is 35.5. The van der Waals surface area contributed by atoms with Gasteiger partial charge in [-0.1, -0.05) is 37.4 Å². The summed E-state index contributed by atoms with van der Waals surface area (Å²) in [6, 6.07) is 0. The van der Waals surface area contributed by atoms with E-state index in [1.165, 1.54) is 12.8 Å². The first kappa shape index (κ1) is 10.0. The van der Waals surface area contributed by atoms with Crippen molar-refractivity contribution in [3.05, 3.63) is 11.1 Å². The van der Waals surface area contributed by atoms with Gasteiger partial charge < -0.3 is 4.74 Å². The Kier molecular flexibility index (Phi) is 2.82. The maximum atomic E-state index is 11.3. The van der Waals surface area contributed by atoms with Crippen LogP contribution in [0, 0.1) is 11.8 Å². The van der Waals surface area contributed by atoms with Crippen molar-refractivity contribution in [1.82, 2.24) is 0 Å². The van der Waals surface area contributed by atoms with Crippen LogP contribution in [0.25, 0.3) is 0 Å². The van der Waals surface area contributed by atoms with Gasteiger partial charge in [0.25, 0.3) is 0 Å². The lowest BCUT2D eigenvalue weighted by atomic mass is 9.79. The van der Waals surface area contributed by atoms with Crippen LogP contribution in [0.4, 0.5) is 0 Å². The van der Waals surface area contributed by atoms with Crippen molar-refractivity contribution in [1.29, 1.82) is 0 Å². The summed E-state index contributed by atoms with van der Waals surface area (Å²) < 4.78 is 5.27. The molecule has 0 aromatic heterocycles. The normalized spacial score (nSPS) is 35.4. The molecule has 0 aromatic carbocycles. The third-order valence-corrected chi connectivity index (χ3v) is 3.43. The number of hydrogen-bond acceptors (Lipinski definition) is 2. The number of hydrogen-bond donors (Lipinski definition) is 0. The second-order valence-electron chi connectivity index (χ2n) is 4.15. The Morgan fingerprint density at radius 2 is 2.43 bits per heavy atom. The summed E-state index contributed by atoms with van der Waals surface area (Å²) in [6.07, 6.45) is 6.15. The van der Waals surface area contributed by atoms with Gasteiger partial charge in [-0.3, -0.25) is 4.79 Å². The van der Waals surface area contributed by atoms with Crippen molar-refractivity contribution < 1.29 is 9.53 Å². The molecule has 0 N–H and O–H groups in total. The lowest BCUT2D eigenvalue weighted by Gasteiger charge is -2.38. The molecule has 2 heterocycles. The molecular formula is C11H15ClO2. The first-order valence-electron chi connectivity index (χ1n) is 5.30. The zero-order chi connectivity index (χ0) is 10.1. The van der Waals surface area contributed by atoms with E-state index in [1.807, 2.05) is 6.08 Å². The Morgan fingerprint density at radius 1 is 1.64 bits per heavy atom. The Labute approximate surface area is 89.3 Å². The zero-order valence-corrected chi connectivity index (χ0v) is 9.09. The van der Waals surface area contributed by atoms with Crippen LogP contribution >= 0.6 is 11.6 Å². The molecule has 0 aromatic rings. The van der Waals surface area contributed by atoms with Crippen molar-refractivity contribution in [2.24, 2.45) is 11.8 Å². The maximum Gasteiger partial charge on any atom is 0.313 e. The van der Waals surface area contributed by atoms with Gasteiger partial charge in [0.2, 0.25) is 0 Å². The third-order valence-electron chi connectivity index (χ3n) is 3.09. The van der Waals surface area contributed by atoms with Crippen molar-refractivity contribution in [3.63, 3.8) is 0 Å². The molecule has 1 aliphatic carbocycles. The molecule has 3 aliphatic rings. The fourth-order valence-corrected chi connectivity index (χ4v) is 2.67. The number of carbonyl (C=O) groups is 1. The molecule has 3 atom stereocenters. The molecule has 2 nitrogen and oxygen atoms in total. The van der Waals surface area contributed by atoms with Gasteiger partial charge in [0, 0.05) is 5.92 Å². The minimum absolute atomic E-state index is 0.0747. The number of unbranched alkanes of at least 4 members (excludes halogenated alkanes) is 1. The van der Waals surface area contributed by atoms with Crippen molar-refractivity contribution in [2.75, 3.05) is 0 Å². The van der Waals surface area contributed by atoms with E-state index < -0.39 is 0 Å². The Hall–Kier alpha value is -0.500. The summed E-state index contributed by atoms with van der Waals surface area (Å²) in [6.45, 7) is 2.17. The molecule has 2 bridgehead atoms. The quantitative estimate of drug-likeness (QED) is 0.676. The molecule has 78 valence electrons. The van der Waals surface area contributed by atoms with Gasteiger partial charge in [-0.15, -0.1) is 0 Å². The van der Waals surface area contributed by atoms with Crippen molar-refractivity contribution in [2.45, 2.75) is 38.7 Å². The first-order valence-corrected chi connectivity index (χ1v) is 5.68. The largest absolute Gasteiger partial charge is 0.456 e. The summed E-state index contributed by atoms with van der Waals surface area (Å²) in [5.74, 6) is 0.289. The fourth-order valence-electron chi connectivity index (χ4n) is 2.29. The fraction of sp³-hybridized carbons (Fsp3) is 0.727. The van der Waals surface area contributed by atoms with E-state index in [0.717, 1.165) is 17.9 Å². The van der Waals surface area contributed by atoms with Crippen LogP contribution in [-0.2, 0) is 9.53 Å². The first-order chi connectivity index (χ1) is 6.72. The van der Waals surface area contributed by atoms with E-state index in [4.69, 9.17) is 16.3 Å². The molecule has 0 radical (unpaired) electrons. The number of halogens is 1. The lowest BCUT2D eigenvalue weighted by Crippen LogP contribution is -2.42. The van der Waals surface area contributed by atoms with Crippen molar-refractivity contribution in [3.8, 4) is 0 Å². The molecule has 1 saturated heterocycles. The molecule has 14 heavy (non-hydrogen) atoms. The standard InChI is InChI=1S/C11H15ClO2/c1-2-3-4-7-5-8-6-9(12)10(7)14-11(8)13/h6-8,10H,2-5H2,1H3/t7-,8-,10+/m1/s1. The number of ether oxygens (including phenoxy) is 1. The third kappa shape index (κ3) is 1.68. The van der Waals surface area contributed by atoms with Gasteiger partial charge in [0.05, 0.1) is 11.0 Å². The van der Waals surface area contributed by atoms with Crippen LogP contribution in [0.5, 0.6) is 0 Å². The van der Waals surface area contributed by atoms with E-state index in [0.29, 0.717) is 5.92 Å². The molecule has 2 aliphatic heterocycles. The smallest absolute Gasteiger partial charge is 0.313 e. The summed E-state index contributed by atoms with van der Waals surface area (Å²) in [4.78, 5) is 11.3. The van der Waals surface area contributed by atoms with Crippen LogP contribution in [0.1, 0.15) is 32.6 Å². The molecular weight excluding hydrogens is 200 g/mol. The van der Waals surface area contributed by atoms with Crippen LogP contribution in [0.15, 0.2) is 11.1 Å². The second-order valence-corrected chi connectivity index (χ2v) is 4.59. The predicted octanol–water partition coefficient (Wildman–Crippen LogP) is 2.86. The van der Waals surface area contributed by atoms with Crippen molar-refractivity contribution >= 4 is 17.6 Å². The van der Waals surface area contributed by atoms with Crippen LogP contribution in [0.3, 0.4) is 0 Å². The average molecular weight is 215 g/mol. The summed E-state index contributed by atoms with van der Waals surface area (Å²) in [5.41, 5.74) is 0. The van der Waals surface area contributed by atoms with E-state index in [2.05, 4.69) is 6.92 Å². The summed E-state index contributed by atoms with van der Waals surface area (Å²) >= 11 is 6.04. The van der Waals surface area contributed by atoms with Gasteiger partial charge >= 0.3 is 5.97 Å². The van der Waals surface area contributed by atoms with Crippen LogP contribution in [-0.4, -0.2) is 12.1 Å². The van der Waals surface area contributed by atoms with Gasteiger partial charge in [0.1, 0.15) is 6.10 Å². The molecule has 3 heteroatoms. The van der Waals surface area contributed by atoms with E-state index in [-0.39, 0.29) is 18.0 Å². The SMILES string of the molecule is CCCC[C@@H]1C[C@@H]2C=C(Cl)[C@H]1OC2=O. The zero-order valence-electron chi connectivity index (χ0n) is 8.33. The molecule has 0 amide bonds. The minimum atomic E-state index is -0.138. The number of rotatable bonds is 3. The minimum Gasteiger partial charge on any atom is -0.456 e. The van der Waals surface area contributed by atoms with E-state index in [1.54, 1.807) is 0 Å². The Balaban J connectivity index is 2.06. The van der Waals surface area contributed by atoms with E-state index in [9.17, 15) is 4.79 Å². The highest BCUT2D eigenvalue weighted by molar-refractivity contribution is 6.30. The molecule has 0 saturated carbocycles. The monoisotopic (exact) mass is 214 g/mol. The predicted molar refractivity (Wildman–Crippen MR) is 54.9 cm³/mol. The molecule has 3 rings (SSSR count). The highest BCUT2D eigenvalue weighted by Crippen LogP contribution is 2.41. The maximum absolute atomic E-state index is 11.3. The lowest BCUT2D eigenvalue weighted by molar-refractivity contribution is -0.162. The van der Waals surface area contributed by atoms with Gasteiger partial charge in [-0.25, -0.2) is 0 Å². The second kappa shape index (κ2) is 3.93. The highest BCUT2D eigenvalue weighted by Gasteiger charge is 2.42. The number of fused-ring (bicyclic) bond motifs is 2. The Morgan fingerprint density at radius 3 is 3.07 bits per heavy atom. The topological polar surface area (TPSA) is 26.3 Å². The summed E-state index contributed by atoms with van der Waals surface area (Å²) in [7, 11) is 0. The Bertz CT molecular complexity index is 272. The number of carbonyl (C=O) groups excluding carboxylic acids is 1. The van der Waals surface area contributed by atoms with Gasteiger partial charge in [-0.2, -0.15) is 0 Å². The summed E-state index contributed by atoms with van der Waals surface area (Å²) in [5, 5.41) is 0.738. The molecule has 1 fully saturated rings.